The standard InChI is InChI=1S/C24H28N4O4/c1-30-21-12-16(13-22(31-2)23(21)32-3)19-14-20(27-26-19)24(29)25-15-18-10-7-11-28(18)17-8-5-4-6-9-17/h4-6,8-9,12-14,18H,7,10-11,15H2,1-3H3,(H,25,29)(H,26,27)/t18-/m0/s1. The van der Waals surface area contributed by atoms with Gasteiger partial charge in [-0.2, -0.15) is 5.10 Å². The molecule has 1 amide bonds. The molecule has 2 N–H and O–H groups in total. The molecule has 1 aliphatic rings. The number of benzene rings is 2. The van der Waals surface area contributed by atoms with Gasteiger partial charge < -0.3 is 24.4 Å². The minimum Gasteiger partial charge on any atom is -0.493 e. The number of amides is 1. The van der Waals surface area contributed by atoms with Gasteiger partial charge in [0.25, 0.3) is 5.91 Å². The largest absolute Gasteiger partial charge is 0.493 e. The second kappa shape index (κ2) is 9.64. The number of hydrogen-bond donors (Lipinski definition) is 2. The first-order chi connectivity index (χ1) is 15.6. The first-order valence-electron chi connectivity index (χ1n) is 10.6. The maximum absolute atomic E-state index is 12.8. The quantitative estimate of drug-likeness (QED) is 0.562. The van der Waals surface area contributed by atoms with Crippen molar-refractivity contribution in [2.45, 2.75) is 18.9 Å². The molecule has 1 fully saturated rings. The molecule has 0 spiro atoms. The molecule has 3 aromatic rings. The number of carbonyl (C=O) groups excluding carboxylic acids is 1. The molecule has 4 rings (SSSR count). The predicted molar refractivity (Wildman–Crippen MR) is 123 cm³/mol. The molecule has 2 heterocycles. The second-order valence-electron chi connectivity index (χ2n) is 7.62. The molecule has 0 saturated carbocycles. The number of aromatic nitrogens is 2. The van der Waals surface area contributed by atoms with Gasteiger partial charge in [0.15, 0.2) is 11.5 Å². The van der Waals surface area contributed by atoms with Crippen LogP contribution < -0.4 is 24.4 Å². The summed E-state index contributed by atoms with van der Waals surface area (Å²) < 4.78 is 16.2. The Bertz CT molecular complexity index is 1040. The lowest BCUT2D eigenvalue weighted by Crippen LogP contribution is -2.40. The van der Waals surface area contributed by atoms with Crippen LogP contribution in [0.5, 0.6) is 17.2 Å². The van der Waals surface area contributed by atoms with Crippen molar-refractivity contribution in [1.29, 1.82) is 0 Å². The van der Waals surface area contributed by atoms with Gasteiger partial charge in [-0.3, -0.25) is 9.89 Å². The first kappa shape index (κ1) is 21.5. The minimum atomic E-state index is -0.184. The highest BCUT2D eigenvalue weighted by atomic mass is 16.5. The zero-order chi connectivity index (χ0) is 22.5. The van der Waals surface area contributed by atoms with Crippen LogP contribution >= 0.6 is 0 Å². The summed E-state index contributed by atoms with van der Waals surface area (Å²) in [7, 11) is 4.68. The topological polar surface area (TPSA) is 88.7 Å². The summed E-state index contributed by atoms with van der Waals surface area (Å²) in [6, 6.07) is 15.9. The summed E-state index contributed by atoms with van der Waals surface area (Å²) >= 11 is 0. The van der Waals surface area contributed by atoms with Crippen LogP contribution in [0.15, 0.2) is 48.5 Å². The monoisotopic (exact) mass is 436 g/mol. The van der Waals surface area contributed by atoms with Crippen molar-refractivity contribution in [2.24, 2.45) is 0 Å². The lowest BCUT2D eigenvalue weighted by atomic mass is 10.1. The van der Waals surface area contributed by atoms with Crippen molar-refractivity contribution in [3.8, 4) is 28.5 Å². The van der Waals surface area contributed by atoms with Crippen LogP contribution in [0.25, 0.3) is 11.3 Å². The van der Waals surface area contributed by atoms with Crippen molar-refractivity contribution in [3.05, 3.63) is 54.2 Å². The number of hydrogen-bond acceptors (Lipinski definition) is 6. The number of aromatic amines is 1. The molecule has 8 nitrogen and oxygen atoms in total. The number of anilines is 1. The van der Waals surface area contributed by atoms with Crippen LogP contribution in [0, 0.1) is 0 Å². The summed E-state index contributed by atoms with van der Waals surface area (Å²) in [5.74, 6) is 1.37. The number of rotatable bonds is 8. The highest BCUT2D eigenvalue weighted by Gasteiger charge is 2.25. The Morgan fingerprint density at radius 3 is 2.47 bits per heavy atom. The SMILES string of the molecule is COc1cc(-c2cc(C(=O)NC[C@@H]3CCCN3c3ccccc3)[nH]n2)cc(OC)c1OC. The predicted octanol–water partition coefficient (Wildman–Crippen LogP) is 3.50. The van der Waals surface area contributed by atoms with E-state index in [0.29, 0.717) is 35.2 Å². The lowest BCUT2D eigenvalue weighted by Gasteiger charge is -2.27. The Labute approximate surface area is 187 Å². The molecular formula is C24H28N4O4. The van der Waals surface area contributed by atoms with E-state index in [-0.39, 0.29) is 11.9 Å². The van der Waals surface area contributed by atoms with Gasteiger partial charge in [-0.25, -0.2) is 0 Å². The normalized spacial score (nSPS) is 15.5. The number of methoxy groups -OCH3 is 3. The summed E-state index contributed by atoms with van der Waals surface area (Å²) in [5.41, 5.74) is 2.95. The fraction of sp³-hybridized carbons (Fsp3) is 0.333. The van der Waals surface area contributed by atoms with Gasteiger partial charge in [-0.05, 0) is 43.2 Å². The molecule has 1 aromatic heterocycles. The third-order valence-corrected chi connectivity index (χ3v) is 5.75. The zero-order valence-corrected chi connectivity index (χ0v) is 18.6. The van der Waals surface area contributed by atoms with Crippen LogP contribution in [-0.2, 0) is 0 Å². The molecule has 1 saturated heterocycles. The molecule has 8 heteroatoms. The number of nitrogens with zero attached hydrogens (tertiary/aromatic N) is 2. The number of nitrogens with one attached hydrogen (secondary N) is 2. The number of carbonyl (C=O) groups is 1. The molecule has 0 bridgehead atoms. The van der Waals surface area contributed by atoms with Crippen molar-refractivity contribution >= 4 is 11.6 Å². The summed E-state index contributed by atoms with van der Waals surface area (Å²) in [5, 5.41) is 10.2. The molecule has 168 valence electrons. The second-order valence-corrected chi connectivity index (χ2v) is 7.62. The van der Waals surface area contributed by atoms with E-state index >= 15 is 0 Å². The molecule has 1 aliphatic heterocycles. The maximum atomic E-state index is 12.8. The fourth-order valence-electron chi connectivity index (χ4n) is 4.13. The zero-order valence-electron chi connectivity index (χ0n) is 18.6. The van der Waals surface area contributed by atoms with E-state index in [9.17, 15) is 4.79 Å². The van der Waals surface area contributed by atoms with Crippen LogP contribution in [0.3, 0.4) is 0 Å². The van der Waals surface area contributed by atoms with E-state index in [0.717, 1.165) is 24.9 Å². The molecule has 2 aromatic carbocycles. The van der Waals surface area contributed by atoms with Crippen LogP contribution in [0.2, 0.25) is 0 Å². The Balaban J connectivity index is 1.45. The minimum absolute atomic E-state index is 0.184. The Morgan fingerprint density at radius 1 is 1.09 bits per heavy atom. The van der Waals surface area contributed by atoms with E-state index in [1.165, 1.54) is 5.69 Å². The van der Waals surface area contributed by atoms with Crippen LogP contribution in [0.1, 0.15) is 23.3 Å². The Kier molecular flexibility index (Phi) is 6.49. The van der Waals surface area contributed by atoms with Gasteiger partial charge in [0, 0.05) is 30.4 Å². The third kappa shape index (κ3) is 4.34. The molecule has 0 radical (unpaired) electrons. The smallest absolute Gasteiger partial charge is 0.269 e. The van der Waals surface area contributed by atoms with E-state index < -0.39 is 0 Å². The molecule has 32 heavy (non-hydrogen) atoms. The van der Waals surface area contributed by atoms with E-state index in [2.05, 4.69) is 32.5 Å². The van der Waals surface area contributed by atoms with Gasteiger partial charge in [0.2, 0.25) is 5.75 Å². The summed E-state index contributed by atoms with van der Waals surface area (Å²) in [6.07, 6.45) is 2.17. The van der Waals surface area contributed by atoms with Crippen molar-refractivity contribution in [1.82, 2.24) is 15.5 Å². The summed E-state index contributed by atoms with van der Waals surface area (Å²) in [4.78, 5) is 15.1. The maximum Gasteiger partial charge on any atom is 0.269 e. The molecule has 0 aliphatic carbocycles. The average molecular weight is 437 g/mol. The first-order valence-corrected chi connectivity index (χ1v) is 10.6. The van der Waals surface area contributed by atoms with Crippen LogP contribution in [-0.4, -0.2) is 56.6 Å². The van der Waals surface area contributed by atoms with Crippen LogP contribution in [0.4, 0.5) is 5.69 Å². The van der Waals surface area contributed by atoms with Crippen molar-refractivity contribution < 1.29 is 19.0 Å². The van der Waals surface area contributed by atoms with Gasteiger partial charge in [-0.1, -0.05) is 18.2 Å². The highest BCUT2D eigenvalue weighted by Crippen LogP contribution is 2.40. The third-order valence-electron chi connectivity index (χ3n) is 5.75. The number of para-hydroxylation sites is 1. The van der Waals surface area contributed by atoms with Gasteiger partial charge >= 0.3 is 0 Å². The molecule has 1 atom stereocenters. The van der Waals surface area contributed by atoms with Gasteiger partial charge in [0.05, 0.1) is 27.0 Å². The Morgan fingerprint density at radius 2 is 1.81 bits per heavy atom. The van der Waals surface area contributed by atoms with Gasteiger partial charge in [0.1, 0.15) is 5.69 Å². The number of ether oxygens (including phenoxy) is 3. The van der Waals surface area contributed by atoms with Crippen molar-refractivity contribution in [3.63, 3.8) is 0 Å². The Hall–Kier alpha value is -3.68. The average Bonchev–Trinajstić information content (AvgIpc) is 3.52. The lowest BCUT2D eigenvalue weighted by molar-refractivity contribution is 0.0946. The van der Waals surface area contributed by atoms with E-state index in [1.54, 1.807) is 39.5 Å². The summed E-state index contributed by atoms with van der Waals surface area (Å²) in [6.45, 7) is 1.58. The fourth-order valence-corrected chi connectivity index (χ4v) is 4.13. The molecule has 0 unspecified atom stereocenters. The van der Waals surface area contributed by atoms with Crippen molar-refractivity contribution in [2.75, 3.05) is 39.3 Å². The van der Waals surface area contributed by atoms with E-state index in [4.69, 9.17) is 14.2 Å². The molecular weight excluding hydrogens is 408 g/mol. The van der Waals surface area contributed by atoms with Gasteiger partial charge in [-0.15, -0.1) is 0 Å². The number of H-pyrrole nitrogens is 1. The van der Waals surface area contributed by atoms with E-state index in [1.807, 2.05) is 18.2 Å². The highest BCUT2D eigenvalue weighted by molar-refractivity contribution is 5.93.